The van der Waals surface area contributed by atoms with E-state index >= 15 is 0 Å². The molecule has 0 atom stereocenters. The lowest BCUT2D eigenvalue weighted by atomic mass is 10.2. The van der Waals surface area contributed by atoms with E-state index in [2.05, 4.69) is 15.5 Å². The maximum absolute atomic E-state index is 11.9. The fraction of sp³-hybridized carbons (Fsp3) is 0.462. The molecule has 5 nitrogen and oxygen atoms in total. The van der Waals surface area contributed by atoms with Crippen LogP contribution in [-0.2, 0) is 12.8 Å². The quantitative estimate of drug-likeness (QED) is 0.857. The number of hydrogen-bond donors (Lipinski definition) is 1. The molecule has 0 aliphatic heterocycles. The van der Waals surface area contributed by atoms with Crippen molar-refractivity contribution in [1.82, 2.24) is 10.1 Å². The van der Waals surface area contributed by atoms with Crippen LogP contribution in [0.1, 0.15) is 46.1 Å². The highest BCUT2D eigenvalue weighted by Crippen LogP contribution is 2.29. The van der Waals surface area contributed by atoms with Gasteiger partial charge in [-0.2, -0.15) is 0 Å². The van der Waals surface area contributed by atoms with Crippen LogP contribution >= 0.6 is 11.3 Å². The number of anilines is 1. The van der Waals surface area contributed by atoms with Gasteiger partial charge in [0, 0.05) is 10.9 Å². The molecule has 0 bridgehead atoms. The SMILES string of the molecule is Cc1cc(C(=O)Nc2nc3c(s2)CCCCC3)on1. The summed E-state index contributed by atoms with van der Waals surface area (Å²) in [5.74, 6) is -0.0626. The summed E-state index contributed by atoms with van der Waals surface area (Å²) in [6.45, 7) is 1.78. The molecule has 0 unspecified atom stereocenters. The summed E-state index contributed by atoms with van der Waals surface area (Å²) in [6, 6.07) is 1.62. The second kappa shape index (κ2) is 5.13. The molecule has 0 spiro atoms. The molecular weight excluding hydrogens is 262 g/mol. The number of aromatic nitrogens is 2. The van der Waals surface area contributed by atoms with Crippen molar-refractivity contribution in [3.05, 3.63) is 28.1 Å². The first-order chi connectivity index (χ1) is 9.22. The zero-order valence-corrected chi connectivity index (χ0v) is 11.5. The van der Waals surface area contributed by atoms with Gasteiger partial charge in [0.2, 0.25) is 5.76 Å². The highest BCUT2D eigenvalue weighted by molar-refractivity contribution is 7.15. The van der Waals surface area contributed by atoms with Gasteiger partial charge in [-0.25, -0.2) is 4.98 Å². The lowest BCUT2D eigenvalue weighted by molar-refractivity contribution is 0.0988. The van der Waals surface area contributed by atoms with E-state index < -0.39 is 0 Å². The number of amides is 1. The van der Waals surface area contributed by atoms with Crippen LogP contribution in [0.3, 0.4) is 0 Å². The number of nitrogens with zero attached hydrogens (tertiary/aromatic N) is 2. The Morgan fingerprint density at radius 1 is 1.37 bits per heavy atom. The minimum absolute atomic E-state index is 0.225. The third-order valence-electron chi connectivity index (χ3n) is 3.17. The molecule has 100 valence electrons. The number of rotatable bonds is 2. The van der Waals surface area contributed by atoms with E-state index in [9.17, 15) is 4.79 Å². The van der Waals surface area contributed by atoms with Gasteiger partial charge >= 0.3 is 0 Å². The van der Waals surface area contributed by atoms with Gasteiger partial charge in [-0.3, -0.25) is 10.1 Å². The second-order valence-electron chi connectivity index (χ2n) is 4.74. The van der Waals surface area contributed by atoms with Crippen LogP contribution in [0.25, 0.3) is 0 Å². The molecule has 19 heavy (non-hydrogen) atoms. The number of aryl methyl sites for hydroxylation is 3. The molecule has 2 aromatic heterocycles. The third-order valence-corrected chi connectivity index (χ3v) is 4.24. The third kappa shape index (κ3) is 2.68. The van der Waals surface area contributed by atoms with Crippen LogP contribution in [0.15, 0.2) is 10.6 Å². The largest absolute Gasteiger partial charge is 0.351 e. The molecule has 0 fully saturated rings. The normalized spacial score (nSPS) is 14.8. The van der Waals surface area contributed by atoms with Gasteiger partial charge < -0.3 is 4.52 Å². The van der Waals surface area contributed by atoms with Crippen molar-refractivity contribution in [3.63, 3.8) is 0 Å². The first-order valence-electron chi connectivity index (χ1n) is 6.45. The molecule has 1 amide bonds. The maximum Gasteiger partial charge on any atom is 0.296 e. The molecule has 2 heterocycles. The van der Waals surface area contributed by atoms with Crippen molar-refractivity contribution in [2.24, 2.45) is 0 Å². The number of hydrogen-bond acceptors (Lipinski definition) is 5. The molecule has 2 aromatic rings. The summed E-state index contributed by atoms with van der Waals surface area (Å²) in [5, 5.41) is 7.15. The van der Waals surface area contributed by atoms with E-state index in [-0.39, 0.29) is 11.7 Å². The van der Waals surface area contributed by atoms with E-state index in [0.717, 1.165) is 18.5 Å². The van der Waals surface area contributed by atoms with Crippen LogP contribution in [0.2, 0.25) is 0 Å². The van der Waals surface area contributed by atoms with Gasteiger partial charge in [0.1, 0.15) is 0 Å². The summed E-state index contributed by atoms with van der Waals surface area (Å²) >= 11 is 1.57. The highest BCUT2D eigenvalue weighted by atomic mass is 32.1. The fourth-order valence-electron chi connectivity index (χ4n) is 2.21. The van der Waals surface area contributed by atoms with Gasteiger partial charge in [-0.15, -0.1) is 11.3 Å². The van der Waals surface area contributed by atoms with E-state index in [1.807, 2.05) is 0 Å². The van der Waals surface area contributed by atoms with Crippen LogP contribution in [0.4, 0.5) is 5.13 Å². The summed E-state index contributed by atoms with van der Waals surface area (Å²) in [4.78, 5) is 17.7. The predicted molar refractivity (Wildman–Crippen MR) is 72.6 cm³/mol. The Morgan fingerprint density at radius 3 is 3.00 bits per heavy atom. The Kier molecular flexibility index (Phi) is 3.33. The van der Waals surface area contributed by atoms with Gasteiger partial charge in [-0.1, -0.05) is 11.6 Å². The van der Waals surface area contributed by atoms with Crippen molar-refractivity contribution >= 4 is 22.4 Å². The Bertz CT molecular complexity index is 579. The monoisotopic (exact) mass is 277 g/mol. The van der Waals surface area contributed by atoms with Crippen molar-refractivity contribution in [2.75, 3.05) is 5.32 Å². The van der Waals surface area contributed by atoms with E-state index in [4.69, 9.17) is 4.52 Å². The Labute approximate surface area is 115 Å². The van der Waals surface area contributed by atoms with E-state index in [1.165, 1.54) is 24.1 Å². The average molecular weight is 277 g/mol. The van der Waals surface area contributed by atoms with Gasteiger partial charge in [0.25, 0.3) is 5.91 Å². The molecule has 1 aliphatic carbocycles. The fourth-order valence-corrected chi connectivity index (χ4v) is 3.26. The van der Waals surface area contributed by atoms with Crippen molar-refractivity contribution in [2.45, 2.75) is 39.0 Å². The number of carbonyl (C=O) groups excluding carboxylic acids is 1. The zero-order chi connectivity index (χ0) is 13.2. The van der Waals surface area contributed by atoms with Crippen molar-refractivity contribution in [1.29, 1.82) is 0 Å². The first-order valence-corrected chi connectivity index (χ1v) is 7.27. The van der Waals surface area contributed by atoms with Gasteiger partial charge in [-0.05, 0) is 32.6 Å². The Morgan fingerprint density at radius 2 is 2.21 bits per heavy atom. The lowest BCUT2D eigenvalue weighted by Crippen LogP contribution is -2.10. The summed E-state index contributed by atoms with van der Waals surface area (Å²) in [6.07, 6.45) is 5.75. The molecule has 0 saturated heterocycles. The van der Waals surface area contributed by atoms with Crippen LogP contribution in [0, 0.1) is 6.92 Å². The summed E-state index contributed by atoms with van der Waals surface area (Å²) < 4.78 is 4.94. The van der Waals surface area contributed by atoms with Crippen LogP contribution in [0.5, 0.6) is 0 Å². The van der Waals surface area contributed by atoms with Crippen LogP contribution in [-0.4, -0.2) is 16.0 Å². The molecular formula is C13H15N3O2S. The maximum atomic E-state index is 11.9. The molecule has 6 heteroatoms. The topological polar surface area (TPSA) is 68.0 Å². The number of thiazole rings is 1. The van der Waals surface area contributed by atoms with Crippen molar-refractivity contribution in [3.8, 4) is 0 Å². The summed E-state index contributed by atoms with van der Waals surface area (Å²) in [7, 11) is 0. The minimum atomic E-state index is -0.287. The number of fused-ring (bicyclic) bond motifs is 1. The van der Waals surface area contributed by atoms with E-state index in [0.29, 0.717) is 10.8 Å². The highest BCUT2D eigenvalue weighted by Gasteiger charge is 2.17. The Hall–Kier alpha value is -1.69. The number of nitrogens with one attached hydrogen (secondary N) is 1. The minimum Gasteiger partial charge on any atom is -0.351 e. The van der Waals surface area contributed by atoms with Crippen molar-refractivity contribution < 1.29 is 9.32 Å². The Balaban J connectivity index is 1.75. The van der Waals surface area contributed by atoms with Gasteiger partial charge in [0.05, 0.1) is 11.4 Å². The first kappa shape index (κ1) is 12.3. The predicted octanol–water partition coefficient (Wildman–Crippen LogP) is 2.96. The standard InChI is InChI=1S/C13H15N3O2S/c1-8-7-10(18-16-8)12(17)15-13-14-9-5-3-2-4-6-11(9)19-13/h7H,2-6H2,1H3,(H,14,15,17). The molecule has 0 radical (unpaired) electrons. The van der Waals surface area contributed by atoms with E-state index in [1.54, 1.807) is 24.3 Å². The number of carbonyl (C=O) groups is 1. The molecule has 3 rings (SSSR count). The smallest absolute Gasteiger partial charge is 0.296 e. The lowest BCUT2D eigenvalue weighted by Gasteiger charge is -1.97. The molecule has 1 N–H and O–H groups in total. The molecule has 0 saturated carbocycles. The van der Waals surface area contributed by atoms with Gasteiger partial charge in [0.15, 0.2) is 5.13 Å². The zero-order valence-electron chi connectivity index (χ0n) is 10.7. The van der Waals surface area contributed by atoms with Crippen LogP contribution < -0.4 is 5.32 Å². The summed E-state index contributed by atoms with van der Waals surface area (Å²) in [5.41, 5.74) is 1.84. The molecule has 0 aromatic carbocycles. The average Bonchev–Trinajstić information content (AvgIpc) is 2.91. The molecule has 1 aliphatic rings. The second-order valence-corrected chi connectivity index (χ2v) is 5.82.